The highest BCUT2D eigenvalue weighted by Crippen LogP contribution is 2.42. The molecule has 2 aliphatic rings. The molecule has 1 aliphatic heterocycles. The molecule has 1 atom stereocenters. The Morgan fingerprint density at radius 3 is 2.47 bits per heavy atom. The first kappa shape index (κ1) is 11.2. The molecule has 1 saturated heterocycles. The van der Waals surface area contributed by atoms with E-state index in [1.54, 1.807) is 0 Å². The molecule has 0 spiro atoms. The van der Waals surface area contributed by atoms with Gasteiger partial charge in [0, 0.05) is 6.04 Å². The average molecular weight is 230 g/mol. The van der Waals surface area contributed by atoms with Crippen LogP contribution < -0.4 is 11.1 Å². The van der Waals surface area contributed by atoms with Crippen molar-refractivity contribution in [2.24, 2.45) is 11.7 Å². The SMILES string of the molecule is N[C@@H](c1ccccc1C1CCNCC1)C1CC1. The summed E-state index contributed by atoms with van der Waals surface area (Å²) in [5.74, 6) is 1.47. The fourth-order valence-corrected chi connectivity index (χ4v) is 3.03. The van der Waals surface area contributed by atoms with Gasteiger partial charge < -0.3 is 11.1 Å². The Hall–Kier alpha value is -0.860. The minimum Gasteiger partial charge on any atom is -0.324 e. The number of hydrogen-bond acceptors (Lipinski definition) is 2. The fraction of sp³-hybridized carbons (Fsp3) is 0.600. The summed E-state index contributed by atoms with van der Waals surface area (Å²) in [6.07, 6.45) is 5.16. The van der Waals surface area contributed by atoms with Gasteiger partial charge in [-0.15, -0.1) is 0 Å². The minimum atomic E-state index is 0.279. The van der Waals surface area contributed by atoms with E-state index < -0.39 is 0 Å². The van der Waals surface area contributed by atoms with Crippen LogP contribution in [0.2, 0.25) is 0 Å². The summed E-state index contributed by atoms with van der Waals surface area (Å²) in [6.45, 7) is 2.30. The maximum absolute atomic E-state index is 6.39. The Kier molecular flexibility index (Phi) is 3.17. The van der Waals surface area contributed by atoms with Gasteiger partial charge in [-0.1, -0.05) is 24.3 Å². The van der Waals surface area contributed by atoms with Gasteiger partial charge in [-0.2, -0.15) is 0 Å². The Bertz CT molecular complexity index is 378. The first-order valence-corrected chi connectivity index (χ1v) is 6.91. The molecular weight excluding hydrogens is 208 g/mol. The molecule has 0 amide bonds. The highest BCUT2D eigenvalue weighted by Gasteiger charge is 2.31. The highest BCUT2D eigenvalue weighted by atomic mass is 14.9. The van der Waals surface area contributed by atoms with Gasteiger partial charge >= 0.3 is 0 Å². The molecular formula is C15H22N2. The lowest BCUT2D eigenvalue weighted by molar-refractivity contribution is 0.454. The van der Waals surface area contributed by atoms with Crippen LogP contribution in [-0.4, -0.2) is 13.1 Å². The summed E-state index contributed by atoms with van der Waals surface area (Å²) < 4.78 is 0. The molecule has 2 heteroatoms. The Labute approximate surface area is 104 Å². The lowest BCUT2D eigenvalue weighted by Crippen LogP contribution is -2.28. The molecule has 1 heterocycles. The molecule has 0 bridgehead atoms. The maximum atomic E-state index is 6.39. The van der Waals surface area contributed by atoms with Crippen molar-refractivity contribution in [3.63, 3.8) is 0 Å². The summed E-state index contributed by atoms with van der Waals surface area (Å²) in [4.78, 5) is 0. The Morgan fingerprint density at radius 2 is 1.76 bits per heavy atom. The quantitative estimate of drug-likeness (QED) is 0.837. The zero-order valence-corrected chi connectivity index (χ0v) is 10.4. The van der Waals surface area contributed by atoms with Crippen LogP contribution in [0.4, 0.5) is 0 Å². The van der Waals surface area contributed by atoms with Crippen LogP contribution >= 0.6 is 0 Å². The van der Waals surface area contributed by atoms with Crippen molar-refractivity contribution in [2.45, 2.75) is 37.6 Å². The van der Waals surface area contributed by atoms with Crippen molar-refractivity contribution in [2.75, 3.05) is 13.1 Å². The van der Waals surface area contributed by atoms with Crippen LogP contribution in [0.25, 0.3) is 0 Å². The predicted octanol–water partition coefficient (Wildman–Crippen LogP) is 2.56. The molecule has 0 unspecified atom stereocenters. The van der Waals surface area contributed by atoms with E-state index in [4.69, 9.17) is 5.73 Å². The first-order valence-electron chi connectivity index (χ1n) is 6.91. The smallest absolute Gasteiger partial charge is 0.0326 e. The summed E-state index contributed by atoms with van der Waals surface area (Å²) in [6, 6.07) is 9.14. The third-order valence-electron chi connectivity index (χ3n) is 4.26. The van der Waals surface area contributed by atoms with Crippen LogP contribution in [0.5, 0.6) is 0 Å². The predicted molar refractivity (Wildman–Crippen MR) is 70.9 cm³/mol. The number of hydrogen-bond donors (Lipinski definition) is 2. The van der Waals surface area contributed by atoms with Gasteiger partial charge in [0.2, 0.25) is 0 Å². The van der Waals surface area contributed by atoms with Crippen LogP contribution in [0, 0.1) is 5.92 Å². The molecule has 2 fully saturated rings. The van der Waals surface area contributed by atoms with E-state index in [1.807, 2.05) is 0 Å². The number of nitrogens with one attached hydrogen (secondary N) is 1. The fourth-order valence-electron chi connectivity index (χ4n) is 3.03. The van der Waals surface area contributed by atoms with Crippen molar-refractivity contribution >= 4 is 0 Å². The van der Waals surface area contributed by atoms with E-state index >= 15 is 0 Å². The molecule has 3 N–H and O–H groups in total. The van der Waals surface area contributed by atoms with E-state index in [-0.39, 0.29) is 6.04 Å². The van der Waals surface area contributed by atoms with Gasteiger partial charge in [-0.25, -0.2) is 0 Å². The van der Waals surface area contributed by atoms with Crippen molar-refractivity contribution in [3.8, 4) is 0 Å². The van der Waals surface area contributed by atoms with E-state index in [9.17, 15) is 0 Å². The monoisotopic (exact) mass is 230 g/mol. The van der Waals surface area contributed by atoms with Crippen molar-refractivity contribution in [3.05, 3.63) is 35.4 Å². The zero-order chi connectivity index (χ0) is 11.7. The molecule has 1 saturated carbocycles. The molecule has 1 aliphatic carbocycles. The van der Waals surface area contributed by atoms with E-state index in [0.717, 1.165) is 24.9 Å². The Balaban J connectivity index is 1.86. The molecule has 1 aromatic rings. The number of rotatable bonds is 3. The van der Waals surface area contributed by atoms with Crippen LogP contribution in [0.3, 0.4) is 0 Å². The Morgan fingerprint density at radius 1 is 1.06 bits per heavy atom. The lowest BCUT2D eigenvalue weighted by atomic mass is 9.84. The standard InChI is InChI=1S/C15H22N2/c16-15(12-5-6-12)14-4-2-1-3-13(14)11-7-9-17-10-8-11/h1-4,11-12,15,17H,5-10,16H2/t15-/m1/s1. The second-order valence-electron chi connectivity index (χ2n) is 5.52. The highest BCUT2D eigenvalue weighted by molar-refractivity contribution is 5.34. The minimum absolute atomic E-state index is 0.279. The number of piperidine rings is 1. The van der Waals surface area contributed by atoms with Crippen LogP contribution in [0.1, 0.15) is 48.8 Å². The van der Waals surface area contributed by atoms with E-state index in [0.29, 0.717) is 0 Å². The van der Waals surface area contributed by atoms with Gasteiger partial charge in [-0.3, -0.25) is 0 Å². The first-order chi connectivity index (χ1) is 8.36. The average Bonchev–Trinajstić information content (AvgIpc) is 3.23. The second kappa shape index (κ2) is 4.79. The van der Waals surface area contributed by atoms with Gasteiger partial charge in [0.25, 0.3) is 0 Å². The van der Waals surface area contributed by atoms with Crippen molar-refractivity contribution in [1.82, 2.24) is 5.32 Å². The van der Waals surface area contributed by atoms with Gasteiger partial charge in [0.1, 0.15) is 0 Å². The number of benzene rings is 1. The third-order valence-corrected chi connectivity index (χ3v) is 4.26. The van der Waals surface area contributed by atoms with E-state index in [1.165, 1.54) is 36.8 Å². The molecule has 2 nitrogen and oxygen atoms in total. The van der Waals surface area contributed by atoms with Crippen molar-refractivity contribution in [1.29, 1.82) is 0 Å². The molecule has 1 aromatic carbocycles. The van der Waals surface area contributed by atoms with Crippen LogP contribution in [-0.2, 0) is 0 Å². The molecule has 0 aromatic heterocycles. The molecule has 92 valence electrons. The molecule has 17 heavy (non-hydrogen) atoms. The van der Waals surface area contributed by atoms with Crippen molar-refractivity contribution < 1.29 is 0 Å². The van der Waals surface area contributed by atoms with Crippen LogP contribution in [0.15, 0.2) is 24.3 Å². The topological polar surface area (TPSA) is 38.0 Å². The lowest BCUT2D eigenvalue weighted by Gasteiger charge is -2.27. The normalized spacial score (nSPS) is 23.6. The van der Waals surface area contributed by atoms with Gasteiger partial charge in [0.15, 0.2) is 0 Å². The van der Waals surface area contributed by atoms with Gasteiger partial charge in [-0.05, 0) is 61.7 Å². The molecule has 3 rings (SSSR count). The largest absolute Gasteiger partial charge is 0.324 e. The summed E-state index contributed by atoms with van der Waals surface area (Å²) in [5.41, 5.74) is 9.33. The molecule has 0 radical (unpaired) electrons. The zero-order valence-electron chi connectivity index (χ0n) is 10.4. The van der Waals surface area contributed by atoms with Gasteiger partial charge in [0.05, 0.1) is 0 Å². The van der Waals surface area contributed by atoms with E-state index in [2.05, 4.69) is 29.6 Å². The number of nitrogens with two attached hydrogens (primary N) is 1. The summed E-state index contributed by atoms with van der Waals surface area (Å²) in [5, 5.41) is 3.44. The second-order valence-corrected chi connectivity index (χ2v) is 5.52. The third kappa shape index (κ3) is 2.38. The maximum Gasteiger partial charge on any atom is 0.0326 e. The summed E-state index contributed by atoms with van der Waals surface area (Å²) in [7, 11) is 0. The summed E-state index contributed by atoms with van der Waals surface area (Å²) >= 11 is 0.